The highest BCUT2D eigenvalue weighted by Gasteiger charge is 2.35. The fraction of sp³-hybridized carbons (Fsp3) is 0.280. The van der Waals surface area contributed by atoms with Gasteiger partial charge in [0.1, 0.15) is 35.2 Å². The van der Waals surface area contributed by atoms with Crippen LogP contribution in [0.3, 0.4) is 0 Å². The topological polar surface area (TPSA) is 68.7 Å². The molecule has 0 spiro atoms. The van der Waals surface area contributed by atoms with E-state index in [2.05, 4.69) is 46.6 Å². The van der Waals surface area contributed by atoms with Gasteiger partial charge in [-0.15, -0.1) is 0 Å². The third-order valence-electron chi connectivity index (χ3n) is 6.17. The molecule has 6 heteroatoms. The number of benzene rings is 2. The van der Waals surface area contributed by atoms with Crippen molar-refractivity contribution in [3.05, 3.63) is 78.4 Å². The second-order valence-electron chi connectivity index (χ2n) is 8.44. The second-order valence-corrected chi connectivity index (χ2v) is 8.44. The summed E-state index contributed by atoms with van der Waals surface area (Å²) in [4.78, 5) is 11.7. The molecule has 1 aliphatic rings. The first-order valence-corrected chi connectivity index (χ1v) is 10.7. The molecule has 2 aromatic heterocycles. The highest BCUT2D eigenvalue weighted by Crippen LogP contribution is 2.41. The van der Waals surface area contributed by atoms with E-state index in [1.165, 1.54) is 0 Å². The van der Waals surface area contributed by atoms with Crippen LogP contribution in [0.25, 0.3) is 16.8 Å². The van der Waals surface area contributed by atoms with E-state index in [0.717, 1.165) is 46.8 Å². The highest BCUT2D eigenvalue weighted by atomic mass is 16.5. The number of hydrogen-bond donors (Lipinski definition) is 1. The lowest BCUT2D eigenvalue weighted by Crippen LogP contribution is -2.39. The summed E-state index contributed by atoms with van der Waals surface area (Å²) < 4.78 is 8.15. The summed E-state index contributed by atoms with van der Waals surface area (Å²) in [6, 6.07) is 18.8. The molecule has 0 atom stereocenters. The molecular weight excluding hydrogens is 386 g/mol. The lowest BCUT2D eigenvalue weighted by atomic mass is 9.79. The van der Waals surface area contributed by atoms with Crippen molar-refractivity contribution in [3.8, 4) is 17.0 Å². The molecule has 0 amide bonds. The number of rotatable bonds is 6. The normalized spacial score (nSPS) is 18.3. The lowest BCUT2D eigenvalue weighted by Gasteiger charge is -2.38. The third kappa shape index (κ3) is 3.75. The van der Waals surface area contributed by atoms with Crippen LogP contribution in [0.5, 0.6) is 5.75 Å². The third-order valence-corrected chi connectivity index (χ3v) is 6.17. The minimum absolute atomic E-state index is 0.424. The molecule has 0 aliphatic heterocycles. The zero-order valence-corrected chi connectivity index (χ0v) is 17.9. The van der Waals surface area contributed by atoms with E-state index in [-0.39, 0.29) is 0 Å². The van der Waals surface area contributed by atoms with Crippen molar-refractivity contribution in [1.82, 2.24) is 19.3 Å². The molecule has 2 N–H and O–H groups in total. The van der Waals surface area contributed by atoms with Gasteiger partial charge in [-0.3, -0.25) is 4.40 Å². The van der Waals surface area contributed by atoms with Crippen molar-refractivity contribution in [2.75, 3.05) is 19.8 Å². The van der Waals surface area contributed by atoms with Gasteiger partial charge in [-0.25, -0.2) is 9.97 Å². The van der Waals surface area contributed by atoms with Gasteiger partial charge in [0.15, 0.2) is 0 Å². The van der Waals surface area contributed by atoms with E-state index in [1.807, 2.05) is 42.6 Å². The van der Waals surface area contributed by atoms with Crippen LogP contribution in [0.15, 0.2) is 67.0 Å². The quantitative estimate of drug-likeness (QED) is 0.508. The lowest BCUT2D eigenvalue weighted by molar-refractivity contribution is 0.161. The predicted octanol–water partition coefficient (Wildman–Crippen LogP) is 4.37. The van der Waals surface area contributed by atoms with Crippen LogP contribution in [0.2, 0.25) is 0 Å². The molecule has 31 heavy (non-hydrogen) atoms. The molecule has 158 valence electrons. The van der Waals surface area contributed by atoms with Gasteiger partial charge in [0.05, 0.1) is 0 Å². The summed E-state index contributed by atoms with van der Waals surface area (Å²) in [6.07, 6.45) is 5.93. The largest absolute Gasteiger partial charge is 0.489 e. The van der Waals surface area contributed by atoms with Crippen LogP contribution in [-0.2, 0) is 6.61 Å². The number of nitrogens with two attached hydrogens (primary N) is 1. The Hall–Kier alpha value is -3.38. The van der Waals surface area contributed by atoms with E-state index in [1.54, 1.807) is 6.20 Å². The zero-order valence-electron chi connectivity index (χ0n) is 17.9. The average molecular weight is 414 g/mol. The smallest absolute Gasteiger partial charge is 0.150 e. The number of aromatic nitrogens is 3. The van der Waals surface area contributed by atoms with Gasteiger partial charge in [-0.1, -0.05) is 42.5 Å². The minimum atomic E-state index is 0.424. The summed E-state index contributed by atoms with van der Waals surface area (Å²) >= 11 is 0. The van der Waals surface area contributed by atoms with Crippen molar-refractivity contribution in [2.45, 2.75) is 31.4 Å². The number of nitrogen functional groups attached to an aromatic ring is 1. The first kappa shape index (κ1) is 19.6. The summed E-state index contributed by atoms with van der Waals surface area (Å²) in [5.74, 6) is 2.79. The van der Waals surface area contributed by atoms with Crippen molar-refractivity contribution in [3.63, 3.8) is 0 Å². The Morgan fingerprint density at radius 2 is 1.90 bits per heavy atom. The number of anilines is 1. The number of fused-ring (bicyclic) bond motifs is 1. The number of imidazole rings is 1. The van der Waals surface area contributed by atoms with Gasteiger partial charge in [0.2, 0.25) is 0 Å². The molecule has 1 fully saturated rings. The van der Waals surface area contributed by atoms with E-state index in [4.69, 9.17) is 15.5 Å². The van der Waals surface area contributed by atoms with E-state index in [9.17, 15) is 0 Å². The predicted molar refractivity (Wildman–Crippen MR) is 123 cm³/mol. The molecule has 6 nitrogen and oxygen atoms in total. The Balaban J connectivity index is 1.47. The monoisotopic (exact) mass is 413 g/mol. The number of hydrogen-bond acceptors (Lipinski definition) is 5. The number of nitrogens with zero attached hydrogens (tertiary/aromatic N) is 4. The Morgan fingerprint density at radius 1 is 1.10 bits per heavy atom. The Kier molecular flexibility index (Phi) is 5.08. The Labute approximate surface area is 182 Å². The van der Waals surface area contributed by atoms with Crippen LogP contribution >= 0.6 is 0 Å². The van der Waals surface area contributed by atoms with Crippen LogP contribution in [0, 0.1) is 0 Å². The van der Waals surface area contributed by atoms with Crippen molar-refractivity contribution >= 4 is 11.3 Å². The fourth-order valence-electron chi connectivity index (χ4n) is 4.27. The van der Waals surface area contributed by atoms with Gasteiger partial charge < -0.3 is 15.4 Å². The first-order chi connectivity index (χ1) is 15.1. The van der Waals surface area contributed by atoms with Crippen molar-refractivity contribution in [2.24, 2.45) is 0 Å². The maximum absolute atomic E-state index is 6.30. The van der Waals surface area contributed by atoms with Gasteiger partial charge >= 0.3 is 0 Å². The van der Waals surface area contributed by atoms with Gasteiger partial charge in [0.25, 0.3) is 0 Å². The fourth-order valence-corrected chi connectivity index (χ4v) is 4.27. The molecule has 0 bridgehead atoms. The van der Waals surface area contributed by atoms with Crippen molar-refractivity contribution in [1.29, 1.82) is 0 Å². The van der Waals surface area contributed by atoms with Crippen LogP contribution in [0.4, 0.5) is 5.82 Å². The van der Waals surface area contributed by atoms with Gasteiger partial charge in [0, 0.05) is 29.9 Å². The average Bonchev–Trinajstić information content (AvgIpc) is 3.13. The molecule has 0 unspecified atom stereocenters. The Morgan fingerprint density at radius 3 is 2.68 bits per heavy atom. The molecule has 2 aromatic carbocycles. The van der Waals surface area contributed by atoms with E-state index in [0.29, 0.717) is 24.4 Å². The molecule has 5 rings (SSSR count). The molecule has 1 saturated carbocycles. The minimum Gasteiger partial charge on any atom is -0.489 e. The van der Waals surface area contributed by atoms with Crippen LogP contribution < -0.4 is 10.5 Å². The molecule has 0 saturated heterocycles. The van der Waals surface area contributed by atoms with Gasteiger partial charge in [-0.2, -0.15) is 0 Å². The molecule has 2 heterocycles. The summed E-state index contributed by atoms with van der Waals surface area (Å²) in [5.41, 5.74) is 10.2. The molecular formula is C25H27N5O. The second kappa shape index (κ2) is 8.04. The van der Waals surface area contributed by atoms with Crippen LogP contribution in [0.1, 0.15) is 30.1 Å². The Bertz CT molecular complexity index is 1200. The van der Waals surface area contributed by atoms with E-state index < -0.39 is 0 Å². The highest BCUT2D eigenvalue weighted by molar-refractivity contribution is 5.85. The molecule has 4 aromatic rings. The maximum atomic E-state index is 6.30. The van der Waals surface area contributed by atoms with Crippen molar-refractivity contribution < 1.29 is 4.74 Å². The molecule has 1 aliphatic carbocycles. The van der Waals surface area contributed by atoms with Crippen LogP contribution in [-0.4, -0.2) is 39.4 Å². The van der Waals surface area contributed by atoms with E-state index >= 15 is 0 Å². The zero-order chi connectivity index (χ0) is 21.4. The first-order valence-electron chi connectivity index (χ1n) is 10.7. The standard InChI is InChI=1S/C25H27N5O/c1-29(2)20-13-19(14-20)25-28-22(23-24(26)27-11-12-30(23)25)18-9-6-10-21(15-18)31-16-17-7-4-3-5-8-17/h3-12,15,19-20H,13-14,16H2,1-2H3,(H2,26,27). The van der Waals surface area contributed by atoms with Gasteiger partial charge in [-0.05, 0) is 44.6 Å². The summed E-state index contributed by atoms with van der Waals surface area (Å²) in [7, 11) is 4.28. The SMILES string of the molecule is CN(C)C1CC(c2nc(-c3cccc(OCc4ccccc4)c3)c3c(N)nccn23)C1. The summed E-state index contributed by atoms with van der Waals surface area (Å²) in [5, 5.41) is 0. The summed E-state index contributed by atoms with van der Waals surface area (Å²) in [6.45, 7) is 0.525. The molecule has 0 radical (unpaired) electrons. The maximum Gasteiger partial charge on any atom is 0.150 e. The number of ether oxygens (including phenoxy) is 1.